The molecule has 1 aliphatic heterocycles. The molecule has 0 bridgehead atoms. The average molecular weight is 434 g/mol. The van der Waals surface area contributed by atoms with Crippen molar-refractivity contribution in [2.45, 2.75) is 66.0 Å². The number of amides is 2. The summed E-state index contributed by atoms with van der Waals surface area (Å²) in [6, 6.07) is 5.00. The molecule has 1 aliphatic rings. The number of esters is 1. The molecule has 170 valence electrons. The van der Waals surface area contributed by atoms with Gasteiger partial charge in [0, 0.05) is 23.4 Å². The largest absolute Gasteiger partial charge is 0.524 e. The second-order valence-corrected chi connectivity index (χ2v) is 9.41. The normalized spacial score (nSPS) is 18.2. The van der Waals surface area contributed by atoms with Crippen LogP contribution < -0.4 is 9.80 Å². The van der Waals surface area contributed by atoms with Crippen molar-refractivity contribution in [1.29, 1.82) is 0 Å². The summed E-state index contributed by atoms with van der Waals surface area (Å²) in [7, 11) is 0. The van der Waals surface area contributed by atoms with E-state index in [9.17, 15) is 19.5 Å². The molecule has 2 amide bonds. The van der Waals surface area contributed by atoms with Crippen molar-refractivity contribution in [3.05, 3.63) is 29.5 Å². The van der Waals surface area contributed by atoms with Gasteiger partial charge in [-0.3, -0.25) is 4.79 Å². The highest BCUT2D eigenvalue weighted by molar-refractivity contribution is 6.09. The molecule has 1 atom stereocenters. The van der Waals surface area contributed by atoms with Crippen molar-refractivity contribution >= 4 is 35.4 Å². The second kappa shape index (κ2) is 8.80. The maximum absolute atomic E-state index is 12.7. The minimum atomic E-state index is -1.20. The third-order valence-corrected chi connectivity index (χ3v) is 4.97. The summed E-state index contributed by atoms with van der Waals surface area (Å²) in [5.41, 5.74) is 0.221. The van der Waals surface area contributed by atoms with E-state index in [0.29, 0.717) is 16.9 Å². The van der Waals surface area contributed by atoms with E-state index < -0.39 is 22.1 Å². The smallest absolute Gasteiger partial charge is 0.458 e. The molecule has 8 heteroatoms. The number of benzene rings is 1. The van der Waals surface area contributed by atoms with Gasteiger partial charge < -0.3 is 19.9 Å². The van der Waals surface area contributed by atoms with Gasteiger partial charge in [0.2, 0.25) is 11.6 Å². The summed E-state index contributed by atoms with van der Waals surface area (Å²) in [5, 5.41) is 13.1. The zero-order valence-electron chi connectivity index (χ0n) is 19.4. The minimum absolute atomic E-state index is 0.0268. The molecule has 0 radical (unpaired) electrons. The fraction of sp³-hybridized carbons (Fsp3) is 0.522. The van der Waals surface area contributed by atoms with Crippen LogP contribution in [0.25, 0.3) is 6.08 Å². The number of rotatable bonds is 6. The molecular formula is C23H33N2O6+. The Balaban J connectivity index is 2.41. The van der Waals surface area contributed by atoms with Crippen LogP contribution >= 0.6 is 0 Å². The summed E-state index contributed by atoms with van der Waals surface area (Å²) in [6.45, 7) is 13.1. The molecule has 0 aliphatic carbocycles. The Morgan fingerprint density at radius 3 is 2.26 bits per heavy atom. The molecule has 1 unspecified atom stereocenters. The van der Waals surface area contributed by atoms with Crippen molar-refractivity contribution in [2.24, 2.45) is 0 Å². The third-order valence-electron chi connectivity index (χ3n) is 4.97. The van der Waals surface area contributed by atoms with E-state index in [-0.39, 0.29) is 36.8 Å². The lowest BCUT2D eigenvalue weighted by molar-refractivity contribution is -0.140. The van der Waals surface area contributed by atoms with Gasteiger partial charge in [0.05, 0.1) is 25.2 Å². The molecule has 0 saturated carbocycles. The zero-order valence-corrected chi connectivity index (χ0v) is 19.4. The summed E-state index contributed by atoms with van der Waals surface area (Å²) in [4.78, 5) is 37.7. The Morgan fingerprint density at radius 2 is 1.74 bits per heavy atom. The molecule has 0 spiro atoms. The lowest BCUT2D eigenvalue weighted by atomic mass is 9.99. The average Bonchev–Trinajstić information content (AvgIpc) is 2.96. The van der Waals surface area contributed by atoms with E-state index in [1.165, 1.54) is 0 Å². The van der Waals surface area contributed by atoms with E-state index in [4.69, 9.17) is 9.47 Å². The number of nitrogens with one attached hydrogen (secondary N) is 1. The molecule has 8 nitrogen and oxygen atoms in total. The summed E-state index contributed by atoms with van der Waals surface area (Å²) >= 11 is 0. The number of ether oxygens (including phenoxy) is 2. The van der Waals surface area contributed by atoms with Gasteiger partial charge in [-0.05, 0) is 60.6 Å². The van der Waals surface area contributed by atoms with Crippen LogP contribution in [0.3, 0.4) is 0 Å². The van der Waals surface area contributed by atoms with Gasteiger partial charge in [-0.25, -0.2) is 4.79 Å². The molecule has 2 rings (SSSR count). The molecule has 0 fully saturated rings. The van der Waals surface area contributed by atoms with Gasteiger partial charge in [0.25, 0.3) is 0 Å². The predicted octanol–water partition coefficient (Wildman–Crippen LogP) is 4.53. The standard InChI is InChI=1S/C23H32N2O6/c1-8-30-20(27)18-13-15-9-10-16(24-19(26)11-12-31-23(5,6)7)14-17(15)25(18,21(28)29)22(2,3)4/h9-10,13-14H,8,11-12H2,1-7H3,(H-,24,26,27,28,29)/p+1. The highest BCUT2D eigenvalue weighted by Gasteiger charge is 2.60. The van der Waals surface area contributed by atoms with Crippen LogP contribution in [0, 0.1) is 0 Å². The number of anilines is 1. The molecule has 0 saturated heterocycles. The Hall–Kier alpha value is -2.71. The zero-order chi connectivity index (χ0) is 23.6. The molecule has 2 N–H and O–H groups in total. The first-order valence-corrected chi connectivity index (χ1v) is 10.3. The van der Waals surface area contributed by atoms with Crippen LogP contribution in [0.15, 0.2) is 23.9 Å². The quantitative estimate of drug-likeness (QED) is 0.505. The highest BCUT2D eigenvalue weighted by Crippen LogP contribution is 2.48. The van der Waals surface area contributed by atoms with E-state index in [0.717, 1.165) is 0 Å². The van der Waals surface area contributed by atoms with Crippen LogP contribution in [-0.4, -0.2) is 47.4 Å². The maximum atomic E-state index is 12.7. The molecule has 31 heavy (non-hydrogen) atoms. The Kier molecular flexibility index (Phi) is 6.97. The van der Waals surface area contributed by atoms with Crippen molar-refractivity contribution in [2.75, 3.05) is 18.5 Å². The Labute approximate surface area is 183 Å². The number of carbonyl (C=O) groups is 3. The maximum Gasteiger partial charge on any atom is 0.524 e. The fourth-order valence-electron chi connectivity index (χ4n) is 3.70. The Morgan fingerprint density at radius 1 is 1.10 bits per heavy atom. The second-order valence-electron chi connectivity index (χ2n) is 9.41. The van der Waals surface area contributed by atoms with Gasteiger partial charge in [-0.1, -0.05) is 0 Å². The third kappa shape index (κ3) is 4.97. The van der Waals surface area contributed by atoms with E-state index in [2.05, 4.69) is 5.32 Å². The molecule has 0 aromatic heterocycles. The van der Waals surface area contributed by atoms with Crippen molar-refractivity contribution < 1.29 is 29.0 Å². The lowest BCUT2D eigenvalue weighted by Gasteiger charge is -2.40. The summed E-state index contributed by atoms with van der Waals surface area (Å²) in [5.74, 6) is -0.925. The van der Waals surface area contributed by atoms with Crippen LogP contribution in [0.2, 0.25) is 0 Å². The highest BCUT2D eigenvalue weighted by atomic mass is 16.5. The first-order chi connectivity index (χ1) is 14.2. The molecule has 1 aromatic carbocycles. The Bertz CT molecular complexity index is 908. The first-order valence-electron chi connectivity index (χ1n) is 10.3. The van der Waals surface area contributed by atoms with Crippen LogP contribution in [0.4, 0.5) is 16.2 Å². The number of hydrogen-bond acceptors (Lipinski definition) is 5. The van der Waals surface area contributed by atoms with E-state index >= 15 is 0 Å². The predicted molar refractivity (Wildman–Crippen MR) is 120 cm³/mol. The molecule has 1 aromatic rings. The van der Waals surface area contributed by atoms with Gasteiger partial charge in [-0.2, -0.15) is 4.79 Å². The number of quaternary nitrogens is 1. The van der Waals surface area contributed by atoms with Crippen LogP contribution in [0.5, 0.6) is 0 Å². The van der Waals surface area contributed by atoms with Gasteiger partial charge in [0.1, 0.15) is 5.54 Å². The van der Waals surface area contributed by atoms with Crippen molar-refractivity contribution in [3.63, 3.8) is 0 Å². The monoisotopic (exact) mass is 433 g/mol. The van der Waals surface area contributed by atoms with Gasteiger partial charge >= 0.3 is 12.1 Å². The SMILES string of the molecule is CCOC(=O)C1=Cc2ccc(NC(=O)CCOC(C)(C)C)cc2[N+]1(C(=O)O)C(C)(C)C. The lowest BCUT2D eigenvalue weighted by Crippen LogP contribution is -2.64. The molecule has 1 heterocycles. The first kappa shape index (κ1) is 24.6. The van der Waals surface area contributed by atoms with Crippen LogP contribution in [0.1, 0.15) is 60.5 Å². The number of hydrogen-bond donors (Lipinski definition) is 2. The summed E-state index contributed by atoms with van der Waals surface area (Å²) < 4.78 is 10.0. The van der Waals surface area contributed by atoms with Crippen molar-refractivity contribution in [1.82, 2.24) is 4.48 Å². The fourth-order valence-corrected chi connectivity index (χ4v) is 3.70. The van der Waals surface area contributed by atoms with Crippen molar-refractivity contribution in [3.8, 4) is 0 Å². The van der Waals surface area contributed by atoms with Crippen LogP contribution in [-0.2, 0) is 19.1 Å². The molecular weight excluding hydrogens is 400 g/mol. The van der Waals surface area contributed by atoms with E-state index in [1.807, 2.05) is 20.8 Å². The summed E-state index contributed by atoms with van der Waals surface area (Å²) in [6.07, 6.45) is 0.515. The number of nitrogens with zero attached hydrogens (tertiary/aromatic N) is 1. The van der Waals surface area contributed by atoms with Gasteiger partial charge in [0.15, 0.2) is 5.69 Å². The number of fused-ring (bicyclic) bond motifs is 1. The minimum Gasteiger partial charge on any atom is -0.458 e. The van der Waals surface area contributed by atoms with E-state index in [1.54, 1.807) is 52.0 Å². The van der Waals surface area contributed by atoms with Gasteiger partial charge in [-0.15, -0.1) is 4.48 Å². The number of carboxylic acid groups (broad SMARTS) is 1. The topological polar surface area (TPSA) is 102 Å². The number of carbonyl (C=O) groups excluding carboxylic acids is 2.